The van der Waals surface area contributed by atoms with E-state index in [0.29, 0.717) is 35.9 Å². The predicted octanol–water partition coefficient (Wildman–Crippen LogP) is 2.32. The second-order valence-corrected chi connectivity index (χ2v) is 6.40. The van der Waals surface area contributed by atoms with E-state index in [4.69, 9.17) is 4.74 Å². The Morgan fingerprint density at radius 1 is 1.17 bits per heavy atom. The van der Waals surface area contributed by atoms with Crippen LogP contribution in [-0.2, 0) is 9.53 Å². The van der Waals surface area contributed by atoms with E-state index in [0.717, 1.165) is 6.54 Å². The van der Waals surface area contributed by atoms with Gasteiger partial charge in [-0.1, -0.05) is 18.2 Å². The van der Waals surface area contributed by atoms with Gasteiger partial charge < -0.3 is 20.7 Å². The van der Waals surface area contributed by atoms with Gasteiger partial charge in [0.1, 0.15) is 0 Å². The Kier molecular flexibility index (Phi) is 5.58. The van der Waals surface area contributed by atoms with E-state index in [-0.39, 0.29) is 17.9 Å². The number of rotatable bonds is 5. The molecule has 2 heterocycles. The van der Waals surface area contributed by atoms with E-state index in [1.165, 1.54) is 11.3 Å². The highest BCUT2D eigenvalue weighted by molar-refractivity contribution is 7.12. The third kappa shape index (κ3) is 4.41. The lowest BCUT2D eigenvalue weighted by Gasteiger charge is -2.23. The smallest absolute Gasteiger partial charge is 0.265 e. The quantitative estimate of drug-likeness (QED) is 0.777. The van der Waals surface area contributed by atoms with Crippen LogP contribution in [0.1, 0.15) is 16.1 Å². The summed E-state index contributed by atoms with van der Waals surface area (Å²) in [5, 5.41) is 10.8. The number of para-hydroxylation sites is 2. The van der Waals surface area contributed by atoms with Crippen molar-refractivity contribution >= 4 is 34.5 Å². The van der Waals surface area contributed by atoms with Crippen LogP contribution in [0.3, 0.4) is 0 Å². The molecule has 0 bridgehead atoms. The van der Waals surface area contributed by atoms with Crippen molar-refractivity contribution in [3.05, 3.63) is 46.7 Å². The molecule has 1 atom stereocenters. The number of benzene rings is 1. The van der Waals surface area contributed by atoms with Crippen molar-refractivity contribution < 1.29 is 14.3 Å². The van der Waals surface area contributed by atoms with Crippen LogP contribution in [0, 0.1) is 0 Å². The monoisotopic (exact) mass is 345 g/mol. The third-order valence-electron chi connectivity index (χ3n) is 3.62. The van der Waals surface area contributed by atoms with E-state index in [2.05, 4.69) is 16.0 Å². The number of hydrogen-bond acceptors (Lipinski definition) is 5. The van der Waals surface area contributed by atoms with Crippen LogP contribution < -0.4 is 16.0 Å². The van der Waals surface area contributed by atoms with Crippen LogP contribution in [0.15, 0.2) is 41.8 Å². The summed E-state index contributed by atoms with van der Waals surface area (Å²) in [5.41, 5.74) is 1.17. The lowest BCUT2D eigenvalue weighted by molar-refractivity contribution is -0.117. The molecule has 126 valence electrons. The number of morpholine rings is 1. The van der Waals surface area contributed by atoms with E-state index in [9.17, 15) is 9.59 Å². The molecule has 6 nitrogen and oxygen atoms in total. The van der Waals surface area contributed by atoms with Crippen LogP contribution >= 0.6 is 11.3 Å². The fourth-order valence-electron chi connectivity index (χ4n) is 2.47. The van der Waals surface area contributed by atoms with Crippen molar-refractivity contribution in [3.8, 4) is 0 Å². The normalized spacial score (nSPS) is 17.2. The number of carbonyl (C=O) groups excluding carboxylic acids is 2. The Morgan fingerprint density at radius 3 is 2.62 bits per heavy atom. The maximum atomic E-state index is 12.2. The molecule has 3 rings (SSSR count). The van der Waals surface area contributed by atoms with Gasteiger partial charge in [-0.15, -0.1) is 11.3 Å². The van der Waals surface area contributed by atoms with Crippen LogP contribution in [0.4, 0.5) is 11.4 Å². The van der Waals surface area contributed by atoms with Crippen LogP contribution in [0.25, 0.3) is 0 Å². The average Bonchev–Trinajstić information content (AvgIpc) is 3.12. The molecule has 1 aliphatic heterocycles. The van der Waals surface area contributed by atoms with Gasteiger partial charge in [-0.25, -0.2) is 0 Å². The lowest BCUT2D eigenvalue weighted by Crippen LogP contribution is -2.43. The number of hydrogen-bond donors (Lipinski definition) is 3. The number of nitrogens with one attached hydrogen (secondary N) is 3. The molecular formula is C17H19N3O3S. The van der Waals surface area contributed by atoms with Gasteiger partial charge in [0.05, 0.1) is 29.5 Å². The summed E-state index contributed by atoms with van der Waals surface area (Å²) in [6.45, 7) is 1.96. The van der Waals surface area contributed by atoms with E-state index < -0.39 is 0 Å². The van der Waals surface area contributed by atoms with Crippen molar-refractivity contribution in [2.24, 2.45) is 0 Å². The standard InChI is InChI=1S/C17H19N3O3S/c21-16(10-12-11-23-8-7-18-12)19-13-4-1-2-5-14(13)20-17(22)15-6-3-9-24-15/h1-6,9,12,18H,7-8,10-11H2,(H,19,21)(H,20,22). The molecular weight excluding hydrogens is 326 g/mol. The molecule has 1 unspecified atom stereocenters. The Hall–Kier alpha value is -2.22. The summed E-state index contributed by atoms with van der Waals surface area (Å²) in [6.07, 6.45) is 0.327. The minimum Gasteiger partial charge on any atom is -0.378 e. The minimum atomic E-state index is -0.186. The van der Waals surface area contributed by atoms with Gasteiger partial charge in [0.2, 0.25) is 5.91 Å². The molecule has 1 saturated heterocycles. The Morgan fingerprint density at radius 2 is 1.96 bits per heavy atom. The number of carbonyl (C=O) groups is 2. The molecule has 0 spiro atoms. The molecule has 7 heteroatoms. The largest absolute Gasteiger partial charge is 0.378 e. The first kappa shape index (κ1) is 16.6. The first-order valence-corrected chi connectivity index (χ1v) is 8.65. The molecule has 0 saturated carbocycles. The molecule has 2 aromatic rings. The van der Waals surface area contributed by atoms with Crippen molar-refractivity contribution in [3.63, 3.8) is 0 Å². The third-order valence-corrected chi connectivity index (χ3v) is 4.49. The van der Waals surface area contributed by atoms with E-state index in [1.807, 2.05) is 23.6 Å². The van der Waals surface area contributed by atoms with Gasteiger partial charge in [-0.2, -0.15) is 0 Å². The fraction of sp³-hybridized carbons (Fsp3) is 0.294. The Balaban J connectivity index is 1.63. The summed E-state index contributed by atoms with van der Waals surface area (Å²) in [4.78, 5) is 25.0. The number of anilines is 2. The number of ether oxygens (including phenoxy) is 1. The van der Waals surface area contributed by atoms with Crippen LogP contribution in [0.2, 0.25) is 0 Å². The minimum absolute atomic E-state index is 0.0200. The summed E-state index contributed by atoms with van der Waals surface area (Å²) >= 11 is 1.37. The van der Waals surface area contributed by atoms with Crippen molar-refractivity contribution in [1.82, 2.24) is 5.32 Å². The van der Waals surface area contributed by atoms with Crippen molar-refractivity contribution in [2.75, 3.05) is 30.4 Å². The van der Waals surface area contributed by atoms with Gasteiger partial charge in [0.15, 0.2) is 0 Å². The summed E-state index contributed by atoms with van der Waals surface area (Å²) in [5.74, 6) is -0.301. The molecule has 3 N–H and O–H groups in total. The highest BCUT2D eigenvalue weighted by atomic mass is 32.1. The van der Waals surface area contributed by atoms with Gasteiger partial charge in [-0.3, -0.25) is 9.59 Å². The summed E-state index contributed by atoms with van der Waals surface area (Å²) < 4.78 is 5.35. The Labute approximate surface area is 144 Å². The second kappa shape index (κ2) is 8.05. The molecule has 2 amide bonds. The molecule has 24 heavy (non-hydrogen) atoms. The highest BCUT2D eigenvalue weighted by Crippen LogP contribution is 2.23. The molecule has 0 aliphatic carbocycles. The Bertz CT molecular complexity index is 697. The molecule has 1 fully saturated rings. The van der Waals surface area contributed by atoms with Gasteiger partial charge in [0, 0.05) is 19.0 Å². The molecule has 0 radical (unpaired) electrons. The second-order valence-electron chi connectivity index (χ2n) is 5.46. The zero-order chi connectivity index (χ0) is 16.8. The average molecular weight is 345 g/mol. The van der Waals surface area contributed by atoms with E-state index >= 15 is 0 Å². The van der Waals surface area contributed by atoms with Gasteiger partial charge >= 0.3 is 0 Å². The number of thiophene rings is 1. The van der Waals surface area contributed by atoms with E-state index in [1.54, 1.807) is 18.2 Å². The molecule has 1 aromatic heterocycles. The first-order valence-electron chi connectivity index (χ1n) is 7.77. The maximum Gasteiger partial charge on any atom is 0.265 e. The zero-order valence-corrected chi connectivity index (χ0v) is 13.9. The molecule has 1 aliphatic rings. The van der Waals surface area contributed by atoms with Crippen molar-refractivity contribution in [2.45, 2.75) is 12.5 Å². The fourth-order valence-corrected chi connectivity index (χ4v) is 3.09. The van der Waals surface area contributed by atoms with Crippen LogP contribution in [-0.4, -0.2) is 37.6 Å². The van der Waals surface area contributed by atoms with Gasteiger partial charge in [-0.05, 0) is 23.6 Å². The summed E-state index contributed by atoms with van der Waals surface area (Å²) in [6, 6.07) is 10.8. The first-order chi connectivity index (χ1) is 11.7. The predicted molar refractivity (Wildman–Crippen MR) is 94.6 cm³/mol. The lowest BCUT2D eigenvalue weighted by atomic mass is 10.2. The summed E-state index contributed by atoms with van der Waals surface area (Å²) in [7, 11) is 0. The zero-order valence-electron chi connectivity index (χ0n) is 13.1. The SMILES string of the molecule is O=C(CC1COCCN1)Nc1ccccc1NC(=O)c1cccs1. The number of amides is 2. The van der Waals surface area contributed by atoms with Crippen LogP contribution in [0.5, 0.6) is 0 Å². The van der Waals surface area contributed by atoms with Gasteiger partial charge in [0.25, 0.3) is 5.91 Å². The van der Waals surface area contributed by atoms with Crippen molar-refractivity contribution in [1.29, 1.82) is 0 Å². The maximum absolute atomic E-state index is 12.2. The molecule has 1 aromatic carbocycles. The highest BCUT2D eigenvalue weighted by Gasteiger charge is 2.18. The topological polar surface area (TPSA) is 79.5 Å².